The van der Waals surface area contributed by atoms with E-state index in [4.69, 9.17) is 5.26 Å². The van der Waals surface area contributed by atoms with Gasteiger partial charge in [0, 0.05) is 18.2 Å². The molecule has 8 nitrogen and oxygen atoms in total. The number of nitrogens with zero attached hydrogens (tertiary/aromatic N) is 5. The molecule has 3 aliphatic heterocycles. The van der Waals surface area contributed by atoms with Crippen molar-refractivity contribution < 1.29 is 23.2 Å². The smallest absolute Gasteiger partial charge is 0.331 e. The van der Waals surface area contributed by atoms with E-state index in [-0.39, 0.29) is 29.5 Å². The Bertz CT molecular complexity index is 1190. The lowest BCUT2D eigenvalue weighted by Gasteiger charge is -2.34. The number of likely N-dealkylation sites (tertiary alicyclic amines) is 1. The van der Waals surface area contributed by atoms with Crippen LogP contribution in [-0.4, -0.2) is 57.3 Å². The largest absolute Gasteiger partial charge is 0.332 e. The second-order valence-electron chi connectivity index (χ2n) is 7.85. The molecule has 2 bridgehead atoms. The Morgan fingerprint density at radius 2 is 1.90 bits per heavy atom. The highest BCUT2D eigenvalue weighted by Crippen LogP contribution is 2.42. The summed E-state index contributed by atoms with van der Waals surface area (Å²) in [6.07, 6.45) is 1.72. The number of hydrogen-bond acceptors (Lipinski definition) is 5. The number of amides is 4. The molecular formula is C21H15F2N5O3. The lowest BCUT2D eigenvalue weighted by atomic mass is 10.1. The van der Waals surface area contributed by atoms with Gasteiger partial charge in [-0.3, -0.25) is 9.59 Å². The van der Waals surface area contributed by atoms with Gasteiger partial charge in [0.05, 0.1) is 24.0 Å². The van der Waals surface area contributed by atoms with Gasteiger partial charge in [-0.1, -0.05) is 0 Å². The molecule has 31 heavy (non-hydrogen) atoms. The number of hydrogen-bond donors (Lipinski definition) is 0. The van der Waals surface area contributed by atoms with Crippen LogP contribution in [-0.2, 0) is 4.79 Å². The van der Waals surface area contributed by atoms with E-state index in [1.54, 1.807) is 13.0 Å². The molecule has 0 spiro atoms. The van der Waals surface area contributed by atoms with Crippen LogP contribution >= 0.6 is 0 Å². The highest BCUT2D eigenvalue weighted by molar-refractivity contribution is 6.22. The van der Waals surface area contributed by atoms with Crippen molar-refractivity contribution in [1.29, 1.82) is 5.26 Å². The number of fused-ring (bicyclic) bond motifs is 5. The number of aryl methyl sites for hydroxylation is 1. The third-order valence-corrected chi connectivity index (χ3v) is 6.06. The summed E-state index contributed by atoms with van der Waals surface area (Å²) in [5.74, 6) is -2.81. The van der Waals surface area contributed by atoms with Crippen LogP contribution in [0.4, 0.5) is 19.3 Å². The zero-order chi connectivity index (χ0) is 22.0. The van der Waals surface area contributed by atoms with Gasteiger partial charge in [0.1, 0.15) is 29.4 Å². The first-order valence-corrected chi connectivity index (χ1v) is 9.60. The Balaban J connectivity index is 1.45. The number of urea groups is 1. The fraction of sp³-hybridized carbons (Fsp3) is 0.286. The third kappa shape index (κ3) is 2.70. The Morgan fingerprint density at radius 3 is 2.55 bits per heavy atom. The number of carbonyl (C=O) groups is 3. The molecule has 3 saturated heterocycles. The molecule has 1 aromatic carbocycles. The summed E-state index contributed by atoms with van der Waals surface area (Å²) < 4.78 is 27.1. The number of halogens is 2. The molecule has 3 atom stereocenters. The van der Waals surface area contributed by atoms with Crippen molar-refractivity contribution in [3.63, 3.8) is 0 Å². The topological polar surface area (TPSA) is 97.6 Å². The maximum atomic E-state index is 13.6. The number of imide groups is 1. The molecule has 156 valence electrons. The minimum Gasteiger partial charge on any atom is -0.331 e. The highest BCUT2D eigenvalue weighted by Gasteiger charge is 2.63. The van der Waals surface area contributed by atoms with Crippen LogP contribution in [0, 0.1) is 29.9 Å². The van der Waals surface area contributed by atoms with Gasteiger partial charge in [-0.15, -0.1) is 0 Å². The number of benzene rings is 1. The first kappa shape index (κ1) is 19.1. The van der Waals surface area contributed by atoms with Crippen LogP contribution in [0.3, 0.4) is 0 Å². The molecule has 10 heteroatoms. The monoisotopic (exact) mass is 423 g/mol. The maximum absolute atomic E-state index is 13.6. The van der Waals surface area contributed by atoms with Gasteiger partial charge in [0.2, 0.25) is 0 Å². The standard InChI is InChI=1S/C21H15F2N5O3/c1-10-2-14(8-25-16(10)7-24)28-20(30)18-17-6-15(27(18)21(28)31)9-26(17)19(29)11-3-12(22)5-13(23)4-11/h2-5,8,15,17-18H,6,9H2,1H3/t15-,17?,18-/m1/s1. The summed E-state index contributed by atoms with van der Waals surface area (Å²) in [5, 5.41) is 9.04. The van der Waals surface area contributed by atoms with E-state index in [2.05, 4.69) is 4.98 Å². The van der Waals surface area contributed by atoms with Crippen molar-refractivity contribution in [2.45, 2.75) is 31.5 Å². The molecule has 3 aliphatic rings. The molecule has 0 aliphatic carbocycles. The van der Waals surface area contributed by atoms with Gasteiger partial charge in [-0.2, -0.15) is 5.26 Å². The fourth-order valence-corrected chi connectivity index (χ4v) is 4.77. The maximum Gasteiger partial charge on any atom is 0.332 e. The van der Waals surface area contributed by atoms with Crippen LogP contribution in [0.2, 0.25) is 0 Å². The first-order chi connectivity index (χ1) is 14.8. The number of rotatable bonds is 2. The fourth-order valence-electron chi connectivity index (χ4n) is 4.77. The van der Waals surface area contributed by atoms with Crippen molar-refractivity contribution in [3.8, 4) is 6.07 Å². The number of carbonyl (C=O) groups excluding carboxylic acids is 3. The third-order valence-electron chi connectivity index (χ3n) is 6.06. The second kappa shape index (κ2) is 6.57. The van der Waals surface area contributed by atoms with Crippen LogP contribution < -0.4 is 4.90 Å². The van der Waals surface area contributed by atoms with E-state index in [0.717, 1.165) is 17.0 Å². The van der Waals surface area contributed by atoms with Crippen molar-refractivity contribution in [3.05, 3.63) is 58.9 Å². The molecule has 4 heterocycles. The number of nitriles is 1. The van der Waals surface area contributed by atoms with E-state index in [1.807, 2.05) is 6.07 Å². The summed E-state index contributed by atoms with van der Waals surface area (Å²) in [7, 11) is 0. The van der Waals surface area contributed by atoms with E-state index in [9.17, 15) is 23.2 Å². The Kier molecular flexibility index (Phi) is 4.05. The van der Waals surface area contributed by atoms with Gasteiger partial charge in [-0.25, -0.2) is 23.5 Å². The lowest BCUT2D eigenvalue weighted by Crippen LogP contribution is -2.54. The van der Waals surface area contributed by atoms with E-state index >= 15 is 0 Å². The van der Waals surface area contributed by atoms with Crippen molar-refractivity contribution in [1.82, 2.24) is 14.8 Å². The van der Waals surface area contributed by atoms with E-state index < -0.39 is 41.6 Å². The van der Waals surface area contributed by atoms with Gasteiger partial charge >= 0.3 is 6.03 Å². The van der Waals surface area contributed by atoms with E-state index in [1.165, 1.54) is 16.0 Å². The average molecular weight is 423 g/mol. The van der Waals surface area contributed by atoms with Crippen LogP contribution in [0.1, 0.15) is 28.0 Å². The summed E-state index contributed by atoms with van der Waals surface area (Å²) in [4.78, 5) is 47.0. The predicted octanol–water partition coefficient (Wildman–Crippen LogP) is 1.97. The summed E-state index contributed by atoms with van der Waals surface area (Å²) >= 11 is 0. The molecule has 1 aromatic heterocycles. The van der Waals surface area contributed by atoms with Crippen LogP contribution in [0.5, 0.6) is 0 Å². The molecule has 0 radical (unpaired) electrons. The van der Waals surface area contributed by atoms with Gasteiger partial charge in [-0.05, 0) is 37.1 Å². The average Bonchev–Trinajstić information content (AvgIpc) is 3.38. The molecule has 0 saturated carbocycles. The van der Waals surface area contributed by atoms with Gasteiger partial charge in [0.25, 0.3) is 11.8 Å². The number of anilines is 1. The van der Waals surface area contributed by atoms with E-state index in [0.29, 0.717) is 18.1 Å². The number of pyridine rings is 1. The van der Waals surface area contributed by atoms with Crippen molar-refractivity contribution in [2.24, 2.45) is 0 Å². The van der Waals surface area contributed by atoms with Gasteiger partial charge < -0.3 is 9.80 Å². The molecule has 3 fully saturated rings. The normalized spacial score (nSPS) is 24.1. The Morgan fingerprint density at radius 1 is 1.19 bits per heavy atom. The minimum atomic E-state index is -0.871. The SMILES string of the molecule is Cc1cc(N2C(=O)[C@H]3C4C[C@H](CN4C(=O)c4cc(F)cc(F)c4)N3C2=O)cnc1C#N. The number of piperazine rings is 1. The first-order valence-electron chi connectivity index (χ1n) is 9.60. The zero-order valence-corrected chi connectivity index (χ0v) is 16.2. The van der Waals surface area contributed by atoms with Crippen molar-refractivity contribution in [2.75, 3.05) is 11.4 Å². The Labute approximate surface area is 175 Å². The summed E-state index contributed by atoms with van der Waals surface area (Å²) in [5.41, 5.74) is 0.839. The van der Waals surface area contributed by atoms with Crippen molar-refractivity contribution >= 4 is 23.5 Å². The molecular weight excluding hydrogens is 408 g/mol. The lowest BCUT2D eigenvalue weighted by molar-refractivity contribution is -0.121. The molecule has 1 unspecified atom stereocenters. The highest BCUT2D eigenvalue weighted by atomic mass is 19.1. The minimum absolute atomic E-state index is 0.142. The summed E-state index contributed by atoms with van der Waals surface area (Å²) in [6.45, 7) is 1.83. The zero-order valence-electron chi connectivity index (χ0n) is 16.2. The molecule has 0 N–H and O–H groups in total. The molecule has 4 amide bonds. The predicted molar refractivity (Wildman–Crippen MR) is 102 cm³/mol. The van der Waals surface area contributed by atoms with Crippen LogP contribution in [0.15, 0.2) is 30.5 Å². The van der Waals surface area contributed by atoms with Crippen LogP contribution in [0.25, 0.3) is 0 Å². The summed E-state index contributed by atoms with van der Waals surface area (Å²) in [6, 6.07) is 3.74. The molecule has 5 rings (SSSR count). The molecule has 2 aromatic rings. The second-order valence-corrected chi connectivity index (χ2v) is 7.85. The quantitative estimate of drug-likeness (QED) is 0.688. The number of aromatic nitrogens is 1. The Hall–Kier alpha value is -3.87. The van der Waals surface area contributed by atoms with Gasteiger partial charge in [0.15, 0.2) is 0 Å².